The van der Waals surface area contributed by atoms with Crippen molar-refractivity contribution in [2.24, 2.45) is 0 Å². The molecule has 0 bridgehead atoms. The molecule has 0 saturated carbocycles. The first-order valence-corrected chi connectivity index (χ1v) is 6.02. The van der Waals surface area contributed by atoms with Crippen LogP contribution in [0.15, 0.2) is 33.5 Å². The number of hydrogen-bond donors (Lipinski definition) is 0. The summed E-state index contributed by atoms with van der Waals surface area (Å²) in [5.74, 6) is 0. The summed E-state index contributed by atoms with van der Waals surface area (Å²) in [6.45, 7) is 0. The number of benzene rings is 1. The molecular weight excluding hydrogens is 280 g/mol. The van der Waals surface area contributed by atoms with Crippen molar-refractivity contribution in [1.29, 1.82) is 21.0 Å². The Labute approximate surface area is 123 Å². The van der Waals surface area contributed by atoms with Crippen LogP contribution in [0.25, 0.3) is 33.1 Å². The molecule has 2 aromatic heterocycles. The Hall–Kier alpha value is -4.00. The smallest absolute Gasteiger partial charge is 0.144 e. The first kappa shape index (κ1) is 13.0. The monoisotopic (exact) mass is 284 g/mol. The number of nitriles is 4. The van der Waals surface area contributed by atoms with Crippen LogP contribution < -0.4 is 10.4 Å². The zero-order valence-corrected chi connectivity index (χ0v) is 10.9. The zero-order chi connectivity index (χ0) is 15.7. The largest absolute Gasteiger partial charge is 0.464 e. The van der Waals surface area contributed by atoms with E-state index in [1.807, 2.05) is 24.3 Å². The molecule has 2 heterocycles. The van der Waals surface area contributed by atoms with E-state index in [0.717, 1.165) is 0 Å². The fourth-order valence-corrected chi connectivity index (χ4v) is 2.41. The molecule has 6 heteroatoms. The minimum Gasteiger partial charge on any atom is -0.464 e. The van der Waals surface area contributed by atoms with E-state index in [0.29, 0.717) is 21.2 Å². The lowest BCUT2D eigenvalue weighted by atomic mass is 10.0. The Kier molecular flexibility index (Phi) is 2.86. The molecule has 0 saturated heterocycles. The zero-order valence-electron chi connectivity index (χ0n) is 10.9. The summed E-state index contributed by atoms with van der Waals surface area (Å²) < 4.78 is 10.8. The molecule has 0 radical (unpaired) electrons. The van der Waals surface area contributed by atoms with Gasteiger partial charge in [-0.25, -0.2) is 0 Å². The topological polar surface area (TPSA) is 121 Å². The lowest BCUT2D eigenvalue weighted by Crippen LogP contribution is -2.16. The van der Waals surface area contributed by atoms with Gasteiger partial charge in [0.05, 0.1) is 23.0 Å². The predicted molar refractivity (Wildman–Crippen MR) is 74.5 cm³/mol. The van der Waals surface area contributed by atoms with Gasteiger partial charge in [0.1, 0.15) is 46.6 Å². The van der Waals surface area contributed by atoms with Crippen molar-refractivity contribution in [1.82, 2.24) is 0 Å². The van der Waals surface area contributed by atoms with E-state index in [1.54, 1.807) is 12.1 Å². The number of furan rings is 2. The Morgan fingerprint density at radius 2 is 1.05 bits per heavy atom. The molecule has 100 valence electrons. The van der Waals surface area contributed by atoms with Gasteiger partial charge in [0.2, 0.25) is 0 Å². The third-order valence-corrected chi connectivity index (χ3v) is 3.27. The van der Waals surface area contributed by atoms with Crippen molar-refractivity contribution >= 4 is 33.1 Å². The maximum atomic E-state index is 9.15. The standard InChI is InChI=1S/C16H4N4O2/c17-5-9(6-18)13-11-1-3-21-15(11)14(10(7-19)8-20)12-2-4-22-16(12)13/h1-4H. The van der Waals surface area contributed by atoms with Gasteiger partial charge < -0.3 is 8.83 Å². The van der Waals surface area contributed by atoms with Crippen molar-refractivity contribution in [2.45, 2.75) is 0 Å². The highest BCUT2D eigenvalue weighted by Crippen LogP contribution is 2.17. The molecule has 1 aromatic carbocycles. The van der Waals surface area contributed by atoms with E-state index < -0.39 is 0 Å². The maximum Gasteiger partial charge on any atom is 0.144 e. The van der Waals surface area contributed by atoms with Crippen LogP contribution in [-0.2, 0) is 0 Å². The van der Waals surface area contributed by atoms with Crippen molar-refractivity contribution < 1.29 is 8.83 Å². The van der Waals surface area contributed by atoms with Crippen LogP contribution in [0, 0.1) is 45.3 Å². The van der Waals surface area contributed by atoms with E-state index in [-0.39, 0.29) is 22.3 Å². The first-order chi connectivity index (χ1) is 10.8. The van der Waals surface area contributed by atoms with Crippen molar-refractivity contribution in [3.63, 3.8) is 0 Å². The van der Waals surface area contributed by atoms with E-state index in [2.05, 4.69) is 0 Å². The second kappa shape index (κ2) is 4.84. The molecule has 3 aromatic rings. The fraction of sp³-hybridized carbons (Fsp3) is 0. The van der Waals surface area contributed by atoms with Gasteiger partial charge in [-0.3, -0.25) is 0 Å². The highest BCUT2D eigenvalue weighted by atomic mass is 16.3. The average Bonchev–Trinajstić information content (AvgIpc) is 3.19. The number of hydrogen-bond acceptors (Lipinski definition) is 6. The lowest BCUT2D eigenvalue weighted by Gasteiger charge is -1.97. The van der Waals surface area contributed by atoms with Gasteiger partial charge in [-0.15, -0.1) is 0 Å². The fourth-order valence-electron chi connectivity index (χ4n) is 2.41. The van der Waals surface area contributed by atoms with Crippen LogP contribution in [0.2, 0.25) is 0 Å². The quantitative estimate of drug-likeness (QED) is 0.617. The normalized spacial score (nSPS) is 9.64. The Balaban J connectivity index is 2.89. The number of fused-ring (bicyclic) bond motifs is 2. The second-order valence-electron chi connectivity index (χ2n) is 4.27. The van der Waals surface area contributed by atoms with Gasteiger partial charge in [0, 0.05) is 10.8 Å². The minimum absolute atomic E-state index is 0.131. The molecule has 0 atom stereocenters. The maximum absolute atomic E-state index is 9.15. The SMILES string of the molecule is N#CC(C#N)=c1c2ccoc2c(=C(C#N)C#N)c2ccoc12. The van der Waals surface area contributed by atoms with Gasteiger partial charge >= 0.3 is 0 Å². The lowest BCUT2D eigenvalue weighted by molar-refractivity contribution is 0.609. The van der Waals surface area contributed by atoms with Crippen LogP contribution in [0.4, 0.5) is 0 Å². The van der Waals surface area contributed by atoms with Crippen molar-refractivity contribution in [3.8, 4) is 24.3 Å². The molecule has 22 heavy (non-hydrogen) atoms. The number of rotatable bonds is 0. The van der Waals surface area contributed by atoms with Crippen LogP contribution >= 0.6 is 0 Å². The van der Waals surface area contributed by atoms with Crippen LogP contribution in [-0.4, -0.2) is 0 Å². The number of nitrogens with zero attached hydrogens (tertiary/aromatic N) is 4. The van der Waals surface area contributed by atoms with Gasteiger partial charge in [0.15, 0.2) is 0 Å². The van der Waals surface area contributed by atoms with E-state index in [1.165, 1.54) is 12.5 Å². The molecule has 6 nitrogen and oxygen atoms in total. The van der Waals surface area contributed by atoms with Crippen LogP contribution in [0.1, 0.15) is 0 Å². The van der Waals surface area contributed by atoms with E-state index in [4.69, 9.17) is 29.9 Å². The van der Waals surface area contributed by atoms with E-state index in [9.17, 15) is 0 Å². The molecule has 0 amide bonds. The molecule has 0 spiro atoms. The van der Waals surface area contributed by atoms with Crippen LogP contribution in [0.5, 0.6) is 0 Å². The van der Waals surface area contributed by atoms with Gasteiger partial charge in [-0.05, 0) is 12.1 Å². The van der Waals surface area contributed by atoms with Crippen LogP contribution in [0.3, 0.4) is 0 Å². The summed E-state index contributed by atoms with van der Waals surface area (Å²) in [5, 5.41) is 38.1. The summed E-state index contributed by atoms with van der Waals surface area (Å²) in [7, 11) is 0. The molecule has 0 fully saturated rings. The van der Waals surface area contributed by atoms with Crippen molar-refractivity contribution in [3.05, 3.63) is 35.1 Å². The van der Waals surface area contributed by atoms with Gasteiger partial charge in [-0.2, -0.15) is 21.0 Å². The molecule has 0 aliphatic heterocycles. The predicted octanol–water partition coefficient (Wildman–Crippen LogP) is 1.57. The third-order valence-electron chi connectivity index (χ3n) is 3.27. The minimum atomic E-state index is -0.131. The Morgan fingerprint density at radius 1 is 0.682 bits per heavy atom. The van der Waals surface area contributed by atoms with Gasteiger partial charge in [-0.1, -0.05) is 0 Å². The summed E-state index contributed by atoms with van der Waals surface area (Å²) in [4.78, 5) is 0. The summed E-state index contributed by atoms with van der Waals surface area (Å²) >= 11 is 0. The summed E-state index contributed by atoms with van der Waals surface area (Å²) in [6.07, 6.45) is 2.74. The highest BCUT2D eigenvalue weighted by molar-refractivity contribution is 6.02. The average molecular weight is 284 g/mol. The Morgan fingerprint density at radius 3 is 1.36 bits per heavy atom. The van der Waals surface area contributed by atoms with E-state index >= 15 is 0 Å². The van der Waals surface area contributed by atoms with Crippen molar-refractivity contribution in [2.75, 3.05) is 0 Å². The first-order valence-electron chi connectivity index (χ1n) is 6.02. The molecule has 0 aliphatic carbocycles. The molecule has 0 N–H and O–H groups in total. The van der Waals surface area contributed by atoms with Gasteiger partial charge in [0.25, 0.3) is 0 Å². The highest BCUT2D eigenvalue weighted by Gasteiger charge is 2.16. The second-order valence-corrected chi connectivity index (χ2v) is 4.27. The molecule has 0 aliphatic rings. The third kappa shape index (κ3) is 1.56. The Bertz CT molecular complexity index is 1030. The molecule has 3 rings (SSSR count). The summed E-state index contributed by atoms with van der Waals surface area (Å²) in [5.41, 5.74) is 0.275. The molecule has 0 unspecified atom stereocenters. The summed E-state index contributed by atoms with van der Waals surface area (Å²) in [6, 6.07) is 10.4. The molecular formula is C16H4N4O2.